The zero-order chi connectivity index (χ0) is 19.4. The molecule has 0 aliphatic carbocycles. The van der Waals surface area contributed by atoms with Crippen LogP contribution in [-0.4, -0.2) is 54.9 Å². The maximum Gasteiger partial charge on any atom is 0.251 e. The molecule has 1 N–H and O–H groups in total. The van der Waals surface area contributed by atoms with Gasteiger partial charge in [-0.25, -0.2) is 0 Å². The van der Waals surface area contributed by atoms with Crippen LogP contribution in [0.5, 0.6) is 0 Å². The molecule has 0 fully saturated rings. The molecule has 0 spiro atoms. The predicted octanol–water partition coefficient (Wildman–Crippen LogP) is 2.95. The summed E-state index contributed by atoms with van der Waals surface area (Å²) < 4.78 is 11.6. The first-order chi connectivity index (χ1) is 12.5. The van der Waals surface area contributed by atoms with Crippen LogP contribution in [0.1, 0.15) is 24.8 Å². The SMILES string of the molecule is C=CC[C@@H](O)[C@H](CCOCc1ccccc1)O[C@H](CC=C)C(=O)N(C)C. The fourth-order valence-corrected chi connectivity index (χ4v) is 2.50. The number of ether oxygens (including phenoxy) is 2. The molecule has 26 heavy (non-hydrogen) atoms. The first-order valence-corrected chi connectivity index (χ1v) is 8.87. The van der Waals surface area contributed by atoms with Gasteiger partial charge in [0.05, 0.1) is 18.8 Å². The van der Waals surface area contributed by atoms with E-state index < -0.39 is 18.3 Å². The van der Waals surface area contributed by atoms with Crippen LogP contribution >= 0.6 is 0 Å². The van der Waals surface area contributed by atoms with E-state index in [1.54, 1.807) is 26.2 Å². The fourth-order valence-electron chi connectivity index (χ4n) is 2.50. The zero-order valence-corrected chi connectivity index (χ0v) is 15.8. The largest absolute Gasteiger partial charge is 0.390 e. The number of carbonyl (C=O) groups is 1. The lowest BCUT2D eigenvalue weighted by molar-refractivity contribution is -0.151. The highest BCUT2D eigenvalue weighted by Crippen LogP contribution is 2.16. The molecule has 3 atom stereocenters. The molecule has 0 aromatic heterocycles. The van der Waals surface area contributed by atoms with Crippen molar-refractivity contribution in [3.8, 4) is 0 Å². The number of carbonyl (C=O) groups excluding carboxylic acids is 1. The van der Waals surface area contributed by atoms with Gasteiger partial charge < -0.3 is 19.5 Å². The van der Waals surface area contributed by atoms with Crippen LogP contribution in [-0.2, 0) is 20.9 Å². The van der Waals surface area contributed by atoms with Crippen LogP contribution in [0.2, 0.25) is 0 Å². The van der Waals surface area contributed by atoms with Crippen molar-refractivity contribution >= 4 is 5.91 Å². The minimum Gasteiger partial charge on any atom is -0.390 e. The van der Waals surface area contributed by atoms with Gasteiger partial charge in [-0.15, -0.1) is 13.2 Å². The summed E-state index contributed by atoms with van der Waals surface area (Å²) in [5.74, 6) is -0.147. The lowest BCUT2D eigenvalue weighted by atomic mass is 10.1. The Labute approximate surface area is 156 Å². The van der Waals surface area contributed by atoms with Crippen LogP contribution in [0.3, 0.4) is 0 Å². The van der Waals surface area contributed by atoms with Crippen molar-refractivity contribution in [3.63, 3.8) is 0 Å². The summed E-state index contributed by atoms with van der Waals surface area (Å²) in [6.45, 7) is 8.26. The second-order valence-corrected chi connectivity index (χ2v) is 6.34. The third kappa shape index (κ3) is 7.95. The summed E-state index contributed by atoms with van der Waals surface area (Å²) in [6.07, 6.45) is 2.63. The molecule has 144 valence electrons. The van der Waals surface area contributed by atoms with Crippen LogP contribution < -0.4 is 0 Å². The normalized spacial score (nSPS) is 14.3. The number of hydrogen-bond donors (Lipinski definition) is 1. The van der Waals surface area contributed by atoms with Crippen molar-refractivity contribution in [2.75, 3.05) is 20.7 Å². The van der Waals surface area contributed by atoms with Gasteiger partial charge in [0.2, 0.25) is 0 Å². The molecular formula is C21H31NO4. The fraction of sp³-hybridized carbons (Fsp3) is 0.476. The summed E-state index contributed by atoms with van der Waals surface area (Å²) in [5, 5.41) is 10.4. The monoisotopic (exact) mass is 361 g/mol. The van der Waals surface area contributed by atoms with E-state index in [1.807, 2.05) is 30.3 Å². The molecule has 0 unspecified atom stereocenters. The van der Waals surface area contributed by atoms with E-state index in [0.29, 0.717) is 32.5 Å². The van der Waals surface area contributed by atoms with Crippen LogP contribution in [0.25, 0.3) is 0 Å². The van der Waals surface area contributed by atoms with Crippen molar-refractivity contribution in [2.24, 2.45) is 0 Å². The Morgan fingerprint density at radius 3 is 2.42 bits per heavy atom. The summed E-state index contributed by atoms with van der Waals surface area (Å²) in [5.41, 5.74) is 1.09. The van der Waals surface area contributed by atoms with Gasteiger partial charge in [0, 0.05) is 27.1 Å². The second-order valence-electron chi connectivity index (χ2n) is 6.34. The summed E-state index contributed by atoms with van der Waals surface area (Å²) in [7, 11) is 3.36. The highest BCUT2D eigenvalue weighted by atomic mass is 16.5. The van der Waals surface area contributed by atoms with Gasteiger partial charge in [0.25, 0.3) is 5.91 Å². The maximum absolute atomic E-state index is 12.3. The highest BCUT2D eigenvalue weighted by Gasteiger charge is 2.27. The number of nitrogens with zero attached hydrogens (tertiary/aromatic N) is 1. The third-order valence-corrected chi connectivity index (χ3v) is 3.93. The molecule has 1 aromatic carbocycles. The van der Waals surface area contributed by atoms with E-state index in [0.717, 1.165) is 5.56 Å². The van der Waals surface area contributed by atoms with E-state index in [1.165, 1.54) is 4.90 Å². The lowest BCUT2D eigenvalue weighted by Crippen LogP contribution is -2.41. The Balaban J connectivity index is 2.63. The van der Waals surface area contributed by atoms with E-state index >= 15 is 0 Å². The van der Waals surface area contributed by atoms with E-state index in [-0.39, 0.29) is 5.91 Å². The van der Waals surface area contributed by atoms with Gasteiger partial charge in [0.15, 0.2) is 0 Å². The quantitative estimate of drug-likeness (QED) is 0.433. The number of benzene rings is 1. The smallest absolute Gasteiger partial charge is 0.251 e. The zero-order valence-electron chi connectivity index (χ0n) is 15.8. The molecule has 0 saturated heterocycles. The molecule has 0 bridgehead atoms. The van der Waals surface area contributed by atoms with Gasteiger partial charge in [-0.05, 0) is 18.4 Å². The number of aliphatic hydroxyl groups is 1. The molecule has 5 nitrogen and oxygen atoms in total. The van der Waals surface area contributed by atoms with Gasteiger partial charge in [-0.1, -0.05) is 42.5 Å². The molecule has 1 amide bonds. The minimum absolute atomic E-state index is 0.147. The van der Waals surface area contributed by atoms with Crippen LogP contribution in [0.15, 0.2) is 55.6 Å². The number of likely N-dealkylation sites (N-methyl/N-ethyl adjacent to an activating group) is 1. The highest BCUT2D eigenvalue weighted by molar-refractivity contribution is 5.80. The Morgan fingerprint density at radius 1 is 1.19 bits per heavy atom. The number of aliphatic hydroxyl groups excluding tert-OH is 1. The minimum atomic E-state index is -0.741. The molecule has 0 saturated carbocycles. The first-order valence-electron chi connectivity index (χ1n) is 8.87. The molecule has 0 aliphatic heterocycles. The standard InChI is InChI=1S/C21H31NO4/c1-5-10-18(23)19(26-20(11-6-2)21(24)22(3)4)14-15-25-16-17-12-8-7-9-13-17/h5-9,12-13,18-20,23H,1-2,10-11,14-16H2,3-4H3/t18-,19+,20-/m1/s1. The Bertz CT molecular complexity index is 544. The van der Waals surface area contributed by atoms with E-state index in [2.05, 4.69) is 13.2 Å². The molecule has 1 aromatic rings. The average molecular weight is 361 g/mol. The third-order valence-electron chi connectivity index (χ3n) is 3.93. The first kappa shape index (κ1) is 22.1. The van der Waals surface area contributed by atoms with Gasteiger partial charge >= 0.3 is 0 Å². The van der Waals surface area contributed by atoms with Crippen molar-refractivity contribution in [3.05, 3.63) is 61.2 Å². The van der Waals surface area contributed by atoms with Crippen molar-refractivity contribution in [1.29, 1.82) is 0 Å². The van der Waals surface area contributed by atoms with E-state index in [4.69, 9.17) is 9.47 Å². The molecule has 5 heteroatoms. The lowest BCUT2D eigenvalue weighted by Gasteiger charge is -2.28. The molecule has 1 rings (SSSR count). The van der Waals surface area contributed by atoms with Gasteiger partial charge in [0.1, 0.15) is 6.10 Å². The molecular weight excluding hydrogens is 330 g/mol. The second kappa shape index (κ2) is 12.4. The number of hydrogen-bond acceptors (Lipinski definition) is 4. The summed E-state index contributed by atoms with van der Waals surface area (Å²) in [4.78, 5) is 13.8. The predicted molar refractivity (Wildman–Crippen MR) is 104 cm³/mol. The number of rotatable bonds is 13. The molecule has 0 aliphatic rings. The molecule has 0 heterocycles. The Morgan fingerprint density at radius 2 is 1.85 bits per heavy atom. The number of amides is 1. The van der Waals surface area contributed by atoms with Crippen molar-refractivity contribution in [2.45, 2.75) is 44.2 Å². The van der Waals surface area contributed by atoms with Crippen LogP contribution in [0.4, 0.5) is 0 Å². The average Bonchev–Trinajstić information content (AvgIpc) is 2.63. The summed E-state index contributed by atoms with van der Waals surface area (Å²) in [6, 6.07) is 9.88. The Kier molecular flexibility index (Phi) is 10.5. The topological polar surface area (TPSA) is 59.0 Å². The van der Waals surface area contributed by atoms with Crippen molar-refractivity contribution < 1.29 is 19.4 Å². The summed E-state index contributed by atoms with van der Waals surface area (Å²) >= 11 is 0. The van der Waals surface area contributed by atoms with Crippen molar-refractivity contribution in [1.82, 2.24) is 4.90 Å². The maximum atomic E-state index is 12.3. The van der Waals surface area contributed by atoms with Crippen LogP contribution in [0, 0.1) is 0 Å². The Hall–Kier alpha value is -1.95. The van der Waals surface area contributed by atoms with Gasteiger partial charge in [-0.3, -0.25) is 4.79 Å². The molecule has 0 radical (unpaired) electrons. The van der Waals surface area contributed by atoms with E-state index in [9.17, 15) is 9.90 Å². The van der Waals surface area contributed by atoms with Gasteiger partial charge in [-0.2, -0.15) is 0 Å².